The van der Waals surface area contributed by atoms with E-state index in [2.05, 4.69) is 15.9 Å². The highest BCUT2D eigenvalue weighted by atomic mass is 79.9. The van der Waals surface area contributed by atoms with Crippen molar-refractivity contribution in [2.75, 3.05) is 73.3 Å². The molecule has 1 aliphatic heterocycles. The van der Waals surface area contributed by atoms with Crippen LogP contribution in [0.25, 0.3) is 0 Å². The predicted molar refractivity (Wildman–Crippen MR) is 192 cm³/mol. The topological polar surface area (TPSA) is 123 Å². The zero-order chi connectivity index (χ0) is 33.2. The summed E-state index contributed by atoms with van der Waals surface area (Å²) in [5.41, 5.74) is 0. The molecule has 0 radical (unpaired) electrons. The Morgan fingerprint density at radius 1 is 0.927 bits per heavy atom. The number of carbonyl (C=O) groups excluding carboxylic acids is 5. The monoisotopic (exact) mass is 779 g/mol. The highest BCUT2D eigenvalue weighted by molar-refractivity contribution is 9.10. The lowest BCUT2D eigenvalue weighted by molar-refractivity contribution is -0.136. The van der Waals surface area contributed by atoms with Crippen LogP contribution < -0.4 is 0 Å². The zero-order valence-electron chi connectivity index (χ0n) is 25.7. The van der Waals surface area contributed by atoms with Gasteiger partial charge in [0, 0.05) is 43.4 Å². The van der Waals surface area contributed by atoms with Gasteiger partial charge in [-0.25, -0.2) is 8.42 Å². The molecule has 0 aromatic rings. The molecule has 244 valence electrons. The fourth-order valence-corrected chi connectivity index (χ4v) is 7.18. The maximum Gasteiger partial charge on any atom is 0.242 e. The Labute approximate surface area is 282 Å². The number of halogens is 2. The molecule has 1 heterocycles. The Morgan fingerprint density at radius 3 is 1.56 bits per heavy atom. The first-order valence-corrected chi connectivity index (χ1v) is 22.4. The molecule has 1 fully saturated rings. The summed E-state index contributed by atoms with van der Waals surface area (Å²) in [6, 6.07) is 0. The molecule has 0 N–H and O–H groups in total. The molecule has 0 aromatic heterocycles. The standard InChI is InChI=1S/C6H9NO2S.C5H9BrOS.C5H9ClOS.C5H10OS.C4H10O2S2/c1-7-5(8)3-4(10-2)6(7)9;2*1-4(7)5(6)3-8-2;1-5(6)3-4-7-2;1-7-3-4-8(2,5)6/h4H,3H2,1-2H3;2*5H,3H2,1-2H3;3-4H2,1-2H3;3-4H2,1-2H3. The number of amides is 2. The minimum absolute atomic E-state index is 0.0532. The van der Waals surface area contributed by atoms with Gasteiger partial charge in [0.1, 0.15) is 32.6 Å². The molecule has 41 heavy (non-hydrogen) atoms. The van der Waals surface area contributed by atoms with Crippen LogP contribution in [0.15, 0.2) is 0 Å². The molecule has 0 bridgehead atoms. The lowest BCUT2D eigenvalue weighted by Crippen LogP contribution is -2.26. The van der Waals surface area contributed by atoms with Crippen molar-refractivity contribution in [3.63, 3.8) is 0 Å². The number of thioether (sulfide) groups is 5. The molecular formula is C25H47BrClNO7S6. The third-order valence-electron chi connectivity index (χ3n) is 4.45. The summed E-state index contributed by atoms with van der Waals surface area (Å²) in [6.45, 7) is 4.72. The van der Waals surface area contributed by atoms with Gasteiger partial charge in [-0.15, -0.1) is 11.6 Å². The number of hydrogen-bond acceptors (Lipinski definition) is 12. The molecule has 16 heteroatoms. The van der Waals surface area contributed by atoms with Gasteiger partial charge in [0.15, 0.2) is 0 Å². The van der Waals surface area contributed by atoms with Gasteiger partial charge in [-0.3, -0.25) is 28.9 Å². The largest absolute Gasteiger partial charge is 0.300 e. The smallest absolute Gasteiger partial charge is 0.242 e. The zero-order valence-corrected chi connectivity index (χ0v) is 32.9. The van der Waals surface area contributed by atoms with Crippen LogP contribution in [0.4, 0.5) is 0 Å². The lowest BCUT2D eigenvalue weighted by atomic mass is 10.3. The maximum atomic E-state index is 11.0. The van der Waals surface area contributed by atoms with Crippen molar-refractivity contribution >= 4 is 125 Å². The van der Waals surface area contributed by atoms with E-state index in [4.69, 9.17) is 11.6 Å². The molecule has 1 saturated heterocycles. The van der Waals surface area contributed by atoms with E-state index in [1.54, 1.807) is 60.9 Å². The van der Waals surface area contributed by atoms with Crippen molar-refractivity contribution < 1.29 is 32.4 Å². The predicted octanol–water partition coefficient (Wildman–Crippen LogP) is 5.08. The summed E-state index contributed by atoms with van der Waals surface area (Å²) < 4.78 is 20.8. The number of Topliss-reactive ketones (excluding diaryl/α,β-unsaturated/α-hetero) is 3. The number of carbonyl (C=O) groups is 5. The summed E-state index contributed by atoms with van der Waals surface area (Å²) in [7, 11) is -1.18. The second-order valence-electron chi connectivity index (χ2n) is 8.35. The lowest BCUT2D eigenvalue weighted by Gasteiger charge is -2.04. The number of ketones is 3. The molecular weight excluding hydrogens is 734 g/mol. The third kappa shape index (κ3) is 35.0. The second kappa shape index (κ2) is 30.6. The summed E-state index contributed by atoms with van der Waals surface area (Å²) >= 11 is 16.7. The van der Waals surface area contributed by atoms with Crippen molar-refractivity contribution in [3.05, 3.63) is 0 Å². The SMILES string of the molecule is CSC1CC(=O)N(C)C1=O.CSCC(Br)C(C)=O.CSCC(Cl)C(C)=O.CSCCC(C)=O.CSCCS(C)(=O)=O. The molecule has 1 aliphatic rings. The normalized spacial score (nSPS) is 15.4. The van der Waals surface area contributed by atoms with E-state index in [1.165, 1.54) is 36.9 Å². The van der Waals surface area contributed by atoms with Gasteiger partial charge < -0.3 is 0 Å². The van der Waals surface area contributed by atoms with Crippen LogP contribution in [-0.4, -0.2) is 131 Å². The first kappa shape index (κ1) is 48.5. The number of imide groups is 1. The Balaban J connectivity index is -0.000000210. The maximum absolute atomic E-state index is 11.0. The average Bonchev–Trinajstić information content (AvgIpc) is 3.14. The highest BCUT2D eigenvalue weighted by Crippen LogP contribution is 2.21. The number of rotatable bonds is 13. The molecule has 0 aromatic carbocycles. The van der Waals surface area contributed by atoms with Gasteiger partial charge in [0.2, 0.25) is 11.8 Å². The van der Waals surface area contributed by atoms with Crippen LogP contribution in [0.3, 0.4) is 0 Å². The number of sulfone groups is 1. The van der Waals surface area contributed by atoms with Crippen LogP contribution in [0.1, 0.15) is 33.6 Å². The number of alkyl halides is 2. The van der Waals surface area contributed by atoms with Gasteiger partial charge in [0.05, 0.1) is 15.8 Å². The average molecular weight is 781 g/mol. The van der Waals surface area contributed by atoms with Gasteiger partial charge >= 0.3 is 0 Å². The van der Waals surface area contributed by atoms with Crippen molar-refractivity contribution in [1.82, 2.24) is 4.90 Å². The summed E-state index contributed by atoms with van der Waals surface area (Å²) in [5.74, 6) is 3.99. The van der Waals surface area contributed by atoms with Crippen LogP contribution in [0.5, 0.6) is 0 Å². The molecule has 8 nitrogen and oxygen atoms in total. The minimum atomic E-state index is -2.71. The molecule has 1 rings (SSSR count). The summed E-state index contributed by atoms with van der Waals surface area (Å²) in [5, 5.41) is -0.414. The Morgan fingerprint density at radius 2 is 1.41 bits per heavy atom. The van der Waals surface area contributed by atoms with E-state index in [-0.39, 0.29) is 44.6 Å². The van der Waals surface area contributed by atoms with Crippen molar-refractivity contribution in [1.29, 1.82) is 0 Å². The Hall–Kier alpha value is 0.620. The number of hydrogen-bond donors (Lipinski definition) is 0. The van der Waals surface area contributed by atoms with Crippen molar-refractivity contribution in [2.24, 2.45) is 0 Å². The van der Waals surface area contributed by atoms with Crippen LogP contribution in [-0.2, 0) is 33.8 Å². The van der Waals surface area contributed by atoms with Crippen LogP contribution in [0.2, 0.25) is 0 Å². The summed E-state index contributed by atoms with van der Waals surface area (Å²) in [6.07, 6.45) is 12.0. The van der Waals surface area contributed by atoms with E-state index in [1.807, 2.05) is 31.3 Å². The van der Waals surface area contributed by atoms with Crippen molar-refractivity contribution in [2.45, 2.75) is 49.1 Å². The summed E-state index contributed by atoms with van der Waals surface area (Å²) in [4.78, 5) is 54.2. The van der Waals surface area contributed by atoms with Crippen molar-refractivity contribution in [3.8, 4) is 0 Å². The van der Waals surface area contributed by atoms with E-state index in [0.29, 0.717) is 17.9 Å². The highest BCUT2D eigenvalue weighted by Gasteiger charge is 2.35. The molecule has 0 spiro atoms. The van der Waals surface area contributed by atoms with Crippen LogP contribution in [0, 0.1) is 0 Å². The minimum Gasteiger partial charge on any atom is -0.300 e. The fourth-order valence-electron chi connectivity index (χ4n) is 1.91. The van der Waals surface area contributed by atoms with E-state index in [9.17, 15) is 32.4 Å². The molecule has 3 unspecified atom stereocenters. The number of likely N-dealkylation sites (tertiary alicyclic amines) is 1. The first-order chi connectivity index (χ1) is 18.9. The number of nitrogens with zero attached hydrogens (tertiary/aromatic N) is 1. The van der Waals surface area contributed by atoms with Gasteiger partial charge in [-0.1, -0.05) is 15.9 Å². The molecule has 2 amide bonds. The first-order valence-electron chi connectivity index (χ1n) is 12.1. The Bertz CT molecular complexity index is 843. The second-order valence-corrected chi connectivity index (χ2v) is 17.1. The van der Waals surface area contributed by atoms with Gasteiger partial charge in [-0.2, -0.15) is 58.8 Å². The molecule has 3 atom stereocenters. The van der Waals surface area contributed by atoms with E-state index in [0.717, 1.165) is 23.7 Å². The molecule has 0 aliphatic carbocycles. The Kier molecular flexibility index (Phi) is 36.3. The van der Waals surface area contributed by atoms with E-state index < -0.39 is 9.84 Å². The molecule has 0 saturated carbocycles. The van der Waals surface area contributed by atoms with E-state index >= 15 is 0 Å². The quantitative estimate of drug-likeness (QED) is 0.183. The fraction of sp³-hybridized carbons (Fsp3) is 0.800. The van der Waals surface area contributed by atoms with Gasteiger partial charge in [-0.05, 0) is 57.8 Å². The van der Waals surface area contributed by atoms with Gasteiger partial charge in [0.25, 0.3) is 0 Å². The van der Waals surface area contributed by atoms with Crippen LogP contribution >= 0.6 is 86.3 Å². The third-order valence-corrected chi connectivity index (χ3v) is 11.2.